The molecule has 0 unspecified atom stereocenters. The predicted octanol–water partition coefficient (Wildman–Crippen LogP) is 5.99. The first kappa shape index (κ1) is 22.8. The lowest BCUT2D eigenvalue weighted by Gasteiger charge is -2.11. The average molecular weight is 428 g/mol. The van der Waals surface area contributed by atoms with Crippen molar-refractivity contribution in [3.8, 4) is 11.1 Å². The van der Waals surface area contributed by atoms with Gasteiger partial charge in [-0.05, 0) is 86.1 Å². The summed E-state index contributed by atoms with van der Waals surface area (Å²) in [5, 5.41) is 4.49. The van der Waals surface area contributed by atoms with Gasteiger partial charge in [-0.1, -0.05) is 36.4 Å². The molecule has 0 aromatic heterocycles. The minimum Gasteiger partial charge on any atom is -0.352 e. The quantitative estimate of drug-likeness (QED) is 0.556. The molecule has 6 heteroatoms. The number of rotatable bonds is 3. The van der Waals surface area contributed by atoms with Gasteiger partial charge in [0.1, 0.15) is 0 Å². The fourth-order valence-electron chi connectivity index (χ4n) is 3.65. The fraction of sp³-hybridized carbons (Fsp3) is 0.320. The predicted molar refractivity (Wildman–Crippen MR) is 119 cm³/mol. The summed E-state index contributed by atoms with van der Waals surface area (Å²) in [5.41, 5.74) is 1.41. The molecule has 4 rings (SSSR count). The summed E-state index contributed by atoms with van der Waals surface area (Å²) in [6, 6.07) is 16.0. The van der Waals surface area contributed by atoms with Gasteiger partial charge >= 0.3 is 6.18 Å². The van der Waals surface area contributed by atoms with Gasteiger partial charge in [-0.2, -0.15) is 13.2 Å². The number of nitrogens with one attached hydrogen (secondary N) is 1. The third-order valence-electron chi connectivity index (χ3n) is 5.33. The second-order valence-electron chi connectivity index (χ2n) is 7.69. The Morgan fingerprint density at radius 3 is 2.23 bits per heavy atom. The van der Waals surface area contributed by atoms with Crippen molar-refractivity contribution < 1.29 is 18.0 Å². The van der Waals surface area contributed by atoms with Crippen LogP contribution in [0.15, 0.2) is 60.7 Å². The van der Waals surface area contributed by atoms with E-state index in [1.54, 1.807) is 12.1 Å². The number of carbonyl (C=O) groups excluding carboxylic acids is 1. The lowest BCUT2D eigenvalue weighted by molar-refractivity contribution is -0.137. The van der Waals surface area contributed by atoms with Crippen LogP contribution in [-0.2, 0) is 6.18 Å². The van der Waals surface area contributed by atoms with Crippen LogP contribution in [0.1, 0.15) is 35.7 Å². The van der Waals surface area contributed by atoms with Crippen LogP contribution in [0, 0.1) is 0 Å². The minimum atomic E-state index is -4.35. The van der Waals surface area contributed by atoms with Crippen molar-refractivity contribution in [2.45, 2.75) is 25.9 Å². The summed E-state index contributed by atoms with van der Waals surface area (Å²) < 4.78 is 38.2. The smallest absolute Gasteiger partial charge is 0.352 e. The maximum Gasteiger partial charge on any atom is 0.416 e. The van der Waals surface area contributed by atoms with Gasteiger partial charge in [0.05, 0.1) is 5.56 Å². The number of benzene rings is 3. The zero-order valence-electron chi connectivity index (χ0n) is 17.8. The molecule has 3 aromatic carbocycles. The van der Waals surface area contributed by atoms with E-state index in [-0.39, 0.29) is 5.91 Å². The topological polar surface area (TPSA) is 32.3 Å². The SMILES string of the molecule is CCNC(=O)c1ccc2c(-c3ccc(C(F)(F)F)cc3)cccc2c1.CN1CCCC1. The largest absolute Gasteiger partial charge is 0.416 e. The van der Waals surface area contributed by atoms with Crippen molar-refractivity contribution in [3.05, 3.63) is 71.8 Å². The van der Waals surface area contributed by atoms with Gasteiger partial charge in [0, 0.05) is 12.1 Å². The highest BCUT2D eigenvalue weighted by Gasteiger charge is 2.30. The summed E-state index contributed by atoms with van der Waals surface area (Å²) in [4.78, 5) is 14.3. The van der Waals surface area contributed by atoms with Gasteiger partial charge in [-0.25, -0.2) is 0 Å². The van der Waals surface area contributed by atoms with Crippen LogP contribution in [0.25, 0.3) is 21.9 Å². The van der Waals surface area contributed by atoms with E-state index in [1.165, 1.54) is 38.1 Å². The second kappa shape index (κ2) is 9.96. The maximum absolute atomic E-state index is 12.7. The molecule has 1 N–H and O–H groups in total. The van der Waals surface area contributed by atoms with Gasteiger partial charge < -0.3 is 10.2 Å². The van der Waals surface area contributed by atoms with E-state index >= 15 is 0 Å². The van der Waals surface area contributed by atoms with Crippen molar-refractivity contribution in [2.75, 3.05) is 26.7 Å². The fourth-order valence-corrected chi connectivity index (χ4v) is 3.65. The summed E-state index contributed by atoms with van der Waals surface area (Å²) in [5.74, 6) is -0.149. The number of fused-ring (bicyclic) bond motifs is 1. The number of hydrogen-bond donors (Lipinski definition) is 1. The van der Waals surface area contributed by atoms with E-state index in [1.807, 2.05) is 31.2 Å². The van der Waals surface area contributed by atoms with E-state index in [4.69, 9.17) is 0 Å². The Kier molecular flexibility index (Phi) is 7.33. The van der Waals surface area contributed by atoms with Gasteiger partial charge in [0.2, 0.25) is 0 Å². The van der Waals surface area contributed by atoms with Gasteiger partial charge in [0.15, 0.2) is 0 Å². The molecule has 0 saturated carbocycles. The van der Waals surface area contributed by atoms with E-state index < -0.39 is 11.7 Å². The molecule has 3 nitrogen and oxygen atoms in total. The Bertz CT molecular complexity index is 1020. The Morgan fingerprint density at radius 2 is 1.68 bits per heavy atom. The van der Waals surface area contributed by atoms with Crippen molar-refractivity contribution in [3.63, 3.8) is 0 Å². The van der Waals surface area contributed by atoms with Gasteiger partial charge in [-0.3, -0.25) is 4.79 Å². The zero-order valence-corrected chi connectivity index (χ0v) is 17.8. The molecule has 1 fully saturated rings. The first-order valence-electron chi connectivity index (χ1n) is 10.5. The highest BCUT2D eigenvalue weighted by molar-refractivity contribution is 6.02. The number of likely N-dealkylation sites (tertiary alicyclic amines) is 1. The lowest BCUT2D eigenvalue weighted by Crippen LogP contribution is -2.22. The Hall–Kier alpha value is -2.86. The van der Waals surface area contributed by atoms with Crippen molar-refractivity contribution in [1.82, 2.24) is 10.2 Å². The highest BCUT2D eigenvalue weighted by atomic mass is 19.4. The molecule has 0 atom stereocenters. The number of nitrogens with zero attached hydrogens (tertiary/aromatic N) is 1. The number of halogens is 3. The third kappa shape index (κ3) is 5.85. The number of carbonyl (C=O) groups is 1. The first-order valence-corrected chi connectivity index (χ1v) is 10.5. The third-order valence-corrected chi connectivity index (χ3v) is 5.33. The molecule has 1 aliphatic rings. The summed E-state index contributed by atoms with van der Waals surface area (Å²) in [6.45, 7) is 5.03. The Balaban J connectivity index is 0.000000391. The molecular weight excluding hydrogens is 401 g/mol. The Labute approximate surface area is 180 Å². The lowest BCUT2D eigenvalue weighted by atomic mass is 9.96. The molecule has 1 amide bonds. The van der Waals surface area contributed by atoms with Gasteiger partial charge in [-0.15, -0.1) is 0 Å². The molecule has 31 heavy (non-hydrogen) atoms. The number of hydrogen-bond acceptors (Lipinski definition) is 2. The second-order valence-corrected chi connectivity index (χ2v) is 7.69. The molecular formula is C25H27F3N2O. The minimum absolute atomic E-state index is 0.149. The molecule has 0 bridgehead atoms. The van der Waals surface area contributed by atoms with Crippen LogP contribution in [-0.4, -0.2) is 37.5 Å². The van der Waals surface area contributed by atoms with E-state index in [9.17, 15) is 18.0 Å². The maximum atomic E-state index is 12.7. The monoisotopic (exact) mass is 428 g/mol. The molecule has 0 radical (unpaired) electrons. The average Bonchev–Trinajstić information content (AvgIpc) is 3.24. The number of alkyl halides is 3. The van der Waals surface area contributed by atoms with Crippen molar-refractivity contribution in [2.24, 2.45) is 0 Å². The van der Waals surface area contributed by atoms with Crippen LogP contribution in [0.2, 0.25) is 0 Å². The standard InChI is InChI=1S/C20H16F3NO.C5H11N/c1-2-24-19(25)15-8-11-18-14(12-15)4-3-5-17(18)13-6-9-16(10-7-13)20(21,22)23;1-6-4-2-3-5-6/h3-12H,2H2,1H3,(H,24,25);2-5H2,1H3. The van der Waals surface area contributed by atoms with Crippen LogP contribution >= 0.6 is 0 Å². The van der Waals surface area contributed by atoms with E-state index in [0.717, 1.165) is 28.5 Å². The Morgan fingerprint density at radius 1 is 1.00 bits per heavy atom. The summed E-state index contributed by atoms with van der Waals surface area (Å²) >= 11 is 0. The summed E-state index contributed by atoms with van der Waals surface area (Å²) in [7, 11) is 2.17. The molecule has 0 aliphatic carbocycles. The molecule has 0 spiro atoms. The van der Waals surface area contributed by atoms with Crippen LogP contribution < -0.4 is 5.32 Å². The molecule has 3 aromatic rings. The zero-order chi connectivity index (χ0) is 22.4. The summed E-state index contributed by atoms with van der Waals surface area (Å²) in [6.07, 6.45) is -1.52. The number of amides is 1. The van der Waals surface area contributed by atoms with E-state index in [2.05, 4.69) is 17.3 Å². The van der Waals surface area contributed by atoms with Crippen LogP contribution in [0.4, 0.5) is 13.2 Å². The molecule has 164 valence electrons. The first-order chi connectivity index (χ1) is 14.8. The van der Waals surface area contributed by atoms with Crippen LogP contribution in [0.3, 0.4) is 0 Å². The van der Waals surface area contributed by atoms with Crippen molar-refractivity contribution >= 4 is 16.7 Å². The molecule has 1 saturated heterocycles. The normalized spacial score (nSPS) is 14.2. The van der Waals surface area contributed by atoms with Gasteiger partial charge in [0.25, 0.3) is 5.91 Å². The molecule has 1 heterocycles. The molecule has 1 aliphatic heterocycles. The highest BCUT2D eigenvalue weighted by Crippen LogP contribution is 2.33. The van der Waals surface area contributed by atoms with Crippen LogP contribution in [0.5, 0.6) is 0 Å². The van der Waals surface area contributed by atoms with E-state index in [0.29, 0.717) is 17.7 Å². The van der Waals surface area contributed by atoms with Crippen molar-refractivity contribution in [1.29, 1.82) is 0 Å².